The number of nitrogens with zero attached hydrogens (tertiary/aromatic N) is 2. The van der Waals surface area contributed by atoms with E-state index in [1.54, 1.807) is 0 Å². The van der Waals surface area contributed by atoms with Crippen molar-refractivity contribution in [1.29, 1.82) is 0 Å². The summed E-state index contributed by atoms with van der Waals surface area (Å²) in [7, 11) is 0. The first-order valence-corrected chi connectivity index (χ1v) is 7.71. The van der Waals surface area contributed by atoms with E-state index in [2.05, 4.69) is 31.5 Å². The van der Waals surface area contributed by atoms with E-state index < -0.39 is 0 Å². The standard InChI is InChI=1S/C12H14BrN3S/c13-8-1-2-10-11(7-8)16(12(14)15-10)9-3-5-17-6-4-9/h1-2,7,9H,3-6H2,(H2,14,15). The molecule has 0 aliphatic carbocycles. The van der Waals surface area contributed by atoms with Crippen LogP contribution in [0.4, 0.5) is 5.95 Å². The molecule has 3 rings (SSSR count). The van der Waals surface area contributed by atoms with Gasteiger partial charge in [0.15, 0.2) is 0 Å². The van der Waals surface area contributed by atoms with Gasteiger partial charge < -0.3 is 10.3 Å². The maximum atomic E-state index is 6.06. The van der Waals surface area contributed by atoms with Crippen molar-refractivity contribution in [3.8, 4) is 0 Å². The fourth-order valence-corrected chi connectivity index (χ4v) is 3.84. The van der Waals surface area contributed by atoms with Crippen molar-refractivity contribution in [2.75, 3.05) is 17.2 Å². The first-order chi connectivity index (χ1) is 8.25. The lowest BCUT2D eigenvalue weighted by Gasteiger charge is -2.24. The van der Waals surface area contributed by atoms with Crippen LogP contribution in [-0.4, -0.2) is 21.1 Å². The number of nitrogens with two attached hydrogens (primary N) is 1. The van der Waals surface area contributed by atoms with Crippen LogP contribution in [0, 0.1) is 0 Å². The zero-order valence-corrected chi connectivity index (χ0v) is 11.8. The van der Waals surface area contributed by atoms with E-state index >= 15 is 0 Å². The van der Waals surface area contributed by atoms with Crippen molar-refractivity contribution in [1.82, 2.24) is 9.55 Å². The summed E-state index contributed by atoms with van der Waals surface area (Å²) in [6.45, 7) is 0. The van der Waals surface area contributed by atoms with Gasteiger partial charge in [0, 0.05) is 10.5 Å². The Kier molecular flexibility index (Phi) is 3.04. The van der Waals surface area contributed by atoms with Gasteiger partial charge in [0.25, 0.3) is 0 Å². The number of fused-ring (bicyclic) bond motifs is 1. The fraction of sp³-hybridized carbons (Fsp3) is 0.417. The number of thioether (sulfide) groups is 1. The molecule has 0 radical (unpaired) electrons. The summed E-state index contributed by atoms with van der Waals surface area (Å²) in [6.07, 6.45) is 2.37. The topological polar surface area (TPSA) is 43.8 Å². The minimum atomic E-state index is 0.510. The molecule has 17 heavy (non-hydrogen) atoms. The summed E-state index contributed by atoms with van der Waals surface area (Å²) in [5, 5.41) is 0. The number of aromatic nitrogens is 2. The molecule has 0 bridgehead atoms. The van der Waals surface area contributed by atoms with E-state index in [4.69, 9.17) is 5.73 Å². The number of rotatable bonds is 1. The predicted octanol–water partition coefficient (Wildman–Crippen LogP) is 3.45. The molecule has 2 aromatic rings. The monoisotopic (exact) mass is 311 g/mol. The Morgan fingerprint density at radius 2 is 2.12 bits per heavy atom. The molecule has 1 fully saturated rings. The van der Waals surface area contributed by atoms with Crippen LogP contribution in [0.5, 0.6) is 0 Å². The highest BCUT2D eigenvalue weighted by molar-refractivity contribution is 9.10. The molecule has 1 aliphatic heterocycles. The van der Waals surface area contributed by atoms with Crippen LogP contribution in [0.1, 0.15) is 18.9 Å². The molecule has 1 aliphatic rings. The third kappa shape index (κ3) is 2.06. The largest absolute Gasteiger partial charge is 0.369 e. The molecule has 0 unspecified atom stereocenters. The van der Waals surface area contributed by atoms with Crippen LogP contribution in [0.2, 0.25) is 0 Å². The Balaban J connectivity index is 2.13. The van der Waals surface area contributed by atoms with Gasteiger partial charge in [-0.2, -0.15) is 11.8 Å². The third-order valence-corrected chi connectivity index (χ3v) is 4.78. The summed E-state index contributed by atoms with van der Waals surface area (Å²) in [5.41, 5.74) is 8.20. The Bertz CT molecular complexity index is 546. The number of hydrogen-bond donors (Lipinski definition) is 1. The molecular weight excluding hydrogens is 298 g/mol. The van der Waals surface area contributed by atoms with Gasteiger partial charge in [-0.3, -0.25) is 0 Å². The van der Waals surface area contributed by atoms with Crippen LogP contribution in [-0.2, 0) is 0 Å². The second-order valence-corrected chi connectivity index (χ2v) is 6.46. The van der Waals surface area contributed by atoms with E-state index in [9.17, 15) is 0 Å². The van der Waals surface area contributed by atoms with Crippen molar-refractivity contribution in [3.05, 3.63) is 22.7 Å². The molecular formula is C12H14BrN3S. The highest BCUT2D eigenvalue weighted by Crippen LogP contribution is 2.33. The lowest BCUT2D eigenvalue weighted by atomic mass is 10.1. The van der Waals surface area contributed by atoms with Crippen molar-refractivity contribution < 1.29 is 0 Å². The zero-order valence-electron chi connectivity index (χ0n) is 9.40. The van der Waals surface area contributed by atoms with Gasteiger partial charge in [-0.1, -0.05) is 15.9 Å². The molecule has 2 heterocycles. The number of imidazole rings is 1. The second kappa shape index (κ2) is 4.53. The van der Waals surface area contributed by atoms with Crippen molar-refractivity contribution in [3.63, 3.8) is 0 Å². The van der Waals surface area contributed by atoms with E-state index in [0.717, 1.165) is 15.5 Å². The van der Waals surface area contributed by atoms with Crippen LogP contribution < -0.4 is 5.73 Å². The molecule has 5 heteroatoms. The van der Waals surface area contributed by atoms with Gasteiger partial charge in [-0.15, -0.1) is 0 Å². The average Bonchev–Trinajstić information content (AvgIpc) is 2.65. The van der Waals surface area contributed by atoms with E-state index in [1.165, 1.54) is 24.3 Å². The summed E-state index contributed by atoms with van der Waals surface area (Å²) < 4.78 is 3.29. The van der Waals surface area contributed by atoms with Gasteiger partial charge in [-0.05, 0) is 42.5 Å². The highest BCUT2D eigenvalue weighted by atomic mass is 79.9. The van der Waals surface area contributed by atoms with Gasteiger partial charge in [0.05, 0.1) is 11.0 Å². The van der Waals surface area contributed by atoms with Gasteiger partial charge >= 0.3 is 0 Å². The van der Waals surface area contributed by atoms with E-state index in [1.807, 2.05) is 23.9 Å². The quantitative estimate of drug-likeness (QED) is 0.877. The smallest absolute Gasteiger partial charge is 0.201 e. The van der Waals surface area contributed by atoms with Gasteiger partial charge in [0.2, 0.25) is 5.95 Å². The molecule has 0 spiro atoms. The predicted molar refractivity (Wildman–Crippen MR) is 77.4 cm³/mol. The summed E-state index contributed by atoms with van der Waals surface area (Å²) in [6, 6.07) is 6.65. The maximum absolute atomic E-state index is 6.06. The summed E-state index contributed by atoms with van der Waals surface area (Å²) >= 11 is 5.54. The number of benzene rings is 1. The first-order valence-electron chi connectivity index (χ1n) is 5.76. The Hall–Kier alpha value is -0.680. The fourth-order valence-electron chi connectivity index (χ4n) is 2.41. The lowest BCUT2D eigenvalue weighted by Crippen LogP contribution is -2.17. The van der Waals surface area contributed by atoms with Crippen LogP contribution >= 0.6 is 27.7 Å². The van der Waals surface area contributed by atoms with Crippen LogP contribution in [0.15, 0.2) is 22.7 Å². The lowest BCUT2D eigenvalue weighted by molar-refractivity contribution is 0.486. The van der Waals surface area contributed by atoms with E-state index in [-0.39, 0.29) is 0 Å². The molecule has 90 valence electrons. The molecule has 1 saturated heterocycles. The Morgan fingerprint density at radius 3 is 2.88 bits per heavy atom. The number of hydrogen-bond acceptors (Lipinski definition) is 3. The number of nitrogen functional groups attached to an aromatic ring is 1. The van der Waals surface area contributed by atoms with Crippen molar-refractivity contribution in [2.45, 2.75) is 18.9 Å². The van der Waals surface area contributed by atoms with Crippen molar-refractivity contribution >= 4 is 44.7 Å². The van der Waals surface area contributed by atoms with Gasteiger partial charge in [0.1, 0.15) is 0 Å². The zero-order chi connectivity index (χ0) is 11.8. The van der Waals surface area contributed by atoms with Gasteiger partial charge in [-0.25, -0.2) is 4.98 Å². The molecule has 3 nitrogen and oxygen atoms in total. The molecule has 0 saturated carbocycles. The molecule has 0 amide bonds. The first kappa shape index (κ1) is 11.4. The number of anilines is 1. The van der Waals surface area contributed by atoms with E-state index in [0.29, 0.717) is 12.0 Å². The van der Waals surface area contributed by atoms with Crippen LogP contribution in [0.3, 0.4) is 0 Å². The molecule has 2 N–H and O–H groups in total. The SMILES string of the molecule is Nc1nc2ccc(Br)cc2n1C1CCSCC1. The minimum absolute atomic E-state index is 0.510. The second-order valence-electron chi connectivity index (χ2n) is 4.32. The Labute approximate surface area is 113 Å². The third-order valence-electron chi connectivity index (χ3n) is 3.23. The highest BCUT2D eigenvalue weighted by Gasteiger charge is 2.20. The van der Waals surface area contributed by atoms with Crippen LogP contribution in [0.25, 0.3) is 11.0 Å². The van der Waals surface area contributed by atoms with Crippen molar-refractivity contribution in [2.24, 2.45) is 0 Å². The summed E-state index contributed by atoms with van der Waals surface area (Å²) in [4.78, 5) is 4.44. The normalized spacial score (nSPS) is 17.7. The molecule has 0 atom stereocenters. The Morgan fingerprint density at radius 1 is 1.35 bits per heavy atom. The summed E-state index contributed by atoms with van der Waals surface area (Å²) in [5.74, 6) is 3.09. The maximum Gasteiger partial charge on any atom is 0.201 e. The molecule has 1 aromatic heterocycles. The molecule has 1 aromatic carbocycles. The number of halogens is 1. The minimum Gasteiger partial charge on any atom is -0.369 e. The average molecular weight is 312 g/mol.